The third-order valence-corrected chi connectivity index (χ3v) is 6.12. The highest BCUT2D eigenvalue weighted by Crippen LogP contribution is 2.36. The molecule has 0 bridgehead atoms. The van der Waals surface area contributed by atoms with Gasteiger partial charge in [0.05, 0.1) is 4.83 Å². The van der Waals surface area contributed by atoms with E-state index in [1.54, 1.807) is 11.3 Å². The molecule has 7 heteroatoms. The van der Waals surface area contributed by atoms with Crippen LogP contribution in [0.15, 0.2) is 0 Å². The zero-order chi connectivity index (χ0) is 15.5. The summed E-state index contributed by atoms with van der Waals surface area (Å²) < 4.78 is 0. The van der Waals surface area contributed by atoms with Gasteiger partial charge in [0.15, 0.2) is 0 Å². The van der Waals surface area contributed by atoms with Gasteiger partial charge in [0, 0.05) is 32.1 Å². The fourth-order valence-corrected chi connectivity index (χ4v) is 4.59. The highest BCUT2D eigenvalue weighted by atomic mass is 79.9. The van der Waals surface area contributed by atoms with Crippen molar-refractivity contribution in [2.24, 2.45) is 0 Å². The van der Waals surface area contributed by atoms with E-state index in [1.807, 2.05) is 11.8 Å². The third kappa shape index (κ3) is 3.62. The third-order valence-electron chi connectivity index (χ3n) is 4.59. The summed E-state index contributed by atoms with van der Waals surface area (Å²) in [5.41, 5.74) is 0. The van der Waals surface area contributed by atoms with E-state index in [4.69, 9.17) is 0 Å². The molecule has 2 aliphatic rings. The molecular weight excluding hydrogens is 364 g/mol. The monoisotopic (exact) mass is 386 g/mol. The molecule has 1 aliphatic carbocycles. The van der Waals surface area contributed by atoms with Crippen LogP contribution in [0.5, 0.6) is 0 Å². The molecule has 1 unspecified atom stereocenters. The molecule has 5 nitrogen and oxygen atoms in total. The lowest BCUT2D eigenvalue weighted by Crippen LogP contribution is -2.50. The van der Waals surface area contributed by atoms with Crippen molar-refractivity contribution in [3.63, 3.8) is 0 Å². The number of hydrogen-bond acceptors (Lipinski definition) is 5. The van der Waals surface area contributed by atoms with E-state index in [0.717, 1.165) is 31.3 Å². The Hall–Kier alpha value is -0.690. The summed E-state index contributed by atoms with van der Waals surface area (Å²) in [4.78, 5) is 16.1. The first-order chi connectivity index (χ1) is 10.6. The number of carbonyl (C=O) groups excluding carboxylic acids is 1. The topological polar surface area (TPSA) is 49.3 Å². The number of aromatic nitrogens is 2. The van der Waals surface area contributed by atoms with Crippen LogP contribution in [0.2, 0.25) is 0 Å². The van der Waals surface area contributed by atoms with E-state index in [0.29, 0.717) is 5.92 Å². The molecule has 1 aliphatic heterocycles. The molecule has 2 fully saturated rings. The normalized spacial score (nSPS) is 21.9. The maximum absolute atomic E-state index is 12.0. The van der Waals surface area contributed by atoms with Crippen LogP contribution in [0.25, 0.3) is 0 Å². The quantitative estimate of drug-likeness (QED) is 0.749. The average molecular weight is 387 g/mol. The SMILES string of the molecule is CC(Br)C(=O)N1CCN(c2nnc(C3CCCCC3)s2)CC1. The Morgan fingerprint density at radius 2 is 1.86 bits per heavy atom. The number of carbonyl (C=O) groups is 1. The molecule has 22 heavy (non-hydrogen) atoms. The number of rotatable bonds is 3. The lowest BCUT2D eigenvalue weighted by Gasteiger charge is -2.34. The summed E-state index contributed by atoms with van der Waals surface area (Å²) in [6.07, 6.45) is 6.54. The predicted octanol–water partition coefficient (Wildman–Crippen LogP) is 3.02. The number of piperazine rings is 1. The van der Waals surface area contributed by atoms with Crippen LogP contribution in [0.1, 0.15) is 50.0 Å². The molecule has 122 valence electrons. The van der Waals surface area contributed by atoms with Crippen LogP contribution in [-0.4, -0.2) is 52.0 Å². The average Bonchev–Trinajstić information content (AvgIpc) is 3.05. The second-order valence-corrected chi connectivity index (χ2v) is 8.55. The molecule has 0 radical (unpaired) electrons. The van der Waals surface area contributed by atoms with E-state index in [2.05, 4.69) is 31.0 Å². The van der Waals surface area contributed by atoms with Crippen molar-refractivity contribution in [1.82, 2.24) is 15.1 Å². The molecule has 0 aromatic carbocycles. The summed E-state index contributed by atoms with van der Waals surface area (Å²) in [6, 6.07) is 0. The second-order valence-electron chi connectivity index (χ2n) is 6.19. The van der Waals surface area contributed by atoms with Crippen LogP contribution < -0.4 is 4.90 Å². The molecule has 1 saturated heterocycles. The van der Waals surface area contributed by atoms with Gasteiger partial charge in [-0.2, -0.15) is 0 Å². The van der Waals surface area contributed by atoms with Crippen molar-refractivity contribution < 1.29 is 4.79 Å². The Bertz CT molecular complexity index is 507. The van der Waals surface area contributed by atoms with Gasteiger partial charge in [-0.05, 0) is 19.8 Å². The van der Waals surface area contributed by atoms with Gasteiger partial charge in [0.1, 0.15) is 5.01 Å². The van der Waals surface area contributed by atoms with Gasteiger partial charge in [-0.25, -0.2) is 0 Å². The van der Waals surface area contributed by atoms with Crippen molar-refractivity contribution in [2.75, 3.05) is 31.1 Å². The summed E-state index contributed by atoms with van der Waals surface area (Å²) >= 11 is 5.11. The molecule has 0 N–H and O–H groups in total. The number of alkyl halides is 1. The first-order valence-corrected chi connectivity index (χ1v) is 9.89. The zero-order valence-corrected chi connectivity index (χ0v) is 15.4. The molecule has 1 amide bonds. The molecule has 1 aromatic rings. The molecule has 3 rings (SSSR count). The molecule has 1 atom stereocenters. The predicted molar refractivity (Wildman–Crippen MR) is 92.9 cm³/mol. The van der Waals surface area contributed by atoms with Gasteiger partial charge in [0.2, 0.25) is 11.0 Å². The molecule has 0 spiro atoms. The van der Waals surface area contributed by atoms with E-state index in [9.17, 15) is 4.79 Å². The van der Waals surface area contributed by atoms with E-state index in [1.165, 1.54) is 37.1 Å². The Morgan fingerprint density at radius 3 is 2.50 bits per heavy atom. The van der Waals surface area contributed by atoms with Crippen molar-refractivity contribution in [2.45, 2.75) is 49.8 Å². The Kier molecular flexibility index (Phi) is 5.33. The van der Waals surface area contributed by atoms with Gasteiger partial charge in [-0.3, -0.25) is 4.79 Å². The van der Waals surface area contributed by atoms with Crippen LogP contribution >= 0.6 is 27.3 Å². The lowest BCUT2D eigenvalue weighted by atomic mass is 9.90. The second kappa shape index (κ2) is 7.25. The fourth-order valence-electron chi connectivity index (χ4n) is 3.24. The summed E-state index contributed by atoms with van der Waals surface area (Å²) in [7, 11) is 0. The smallest absolute Gasteiger partial charge is 0.236 e. The Morgan fingerprint density at radius 1 is 1.18 bits per heavy atom. The van der Waals surface area contributed by atoms with Crippen LogP contribution in [0.3, 0.4) is 0 Å². The van der Waals surface area contributed by atoms with E-state index in [-0.39, 0.29) is 10.7 Å². The number of anilines is 1. The minimum absolute atomic E-state index is 0.0986. The van der Waals surface area contributed by atoms with Crippen molar-refractivity contribution in [3.8, 4) is 0 Å². The van der Waals surface area contributed by atoms with Gasteiger partial charge in [0.25, 0.3) is 0 Å². The Balaban J connectivity index is 1.57. The van der Waals surface area contributed by atoms with Gasteiger partial charge in [-0.15, -0.1) is 10.2 Å². The molecule has 1 saturated carbocycles. The zero-order valence-electron chi connectivity index (χ0n) is 13.0. The lowest BCUT2D eigenvalue weighted by molar-refractivity contribution is -0.130. The fraction of sp³-hybridized carbons (Fsp3) is 0.800. The minimum Gasteiger partial charge on any atom is -0.343 e. The van der Waals surface area contributed by atoms with Gasteiger partial charge < -0.3 is 9.80 Å². The van der Waals surface area contributed by atoms with Gasteiger partial charge in [-0.1, -0.05) is 46.5 Å². The number of amides is 1. The van der Waals surface area contributed by atoms with Crippen molar-refractivity contribution in [3.05, 3.63) is 5.01 Å². The van der Waals surface area contributed by atoms with E-state index >= 15 is 0 Å². The number of halogens is 1. The van der Waals surface area contributed by atoms with Crippen LogP contribution in [0.4, 0.5) is 5.13 Å². The van der Waals surface area contributed by atoms with Crippen molar-refractivity contribution >= 4 is 38.3 Å². The molecule has 1 aromatic heterocycles. The maximum atomic E-state index is 12.0. The standard InChI is InChI=1S/C15H23BrN4OS/c1-11(16)14(21)19-7-9-20(10-8-19)15-18-17-13(22-15)12-5-3-2-4-6-12/h11-12H,2-10H2,1H3. The number of nitrogens with zero attached hydrogens (tertiary/aromatic N) is 4. The number of hydrogen-bond donors (Lipinski definition) is 0. The molecular formula is C15H23BrN4OS. The summed E-state index contributed by atoms with van der Waals surface area (Å²) in [5, 5.41) is 11.1. The first kappa shape index (κ1) is 16.2. The Labute approximate surface area is 144 Å². The van der Waals surface area contributed by atoms with Crippen LogP contribution in [0, 0.1) is 0 Å². The van der Waals surface area contributed by atoms with Crippen LogP contribution in [-0.2, 0) is 4.79 Å². The van der Waals surface area contributed by atoms with E-state index < -0.39 is 0 Å². The molecule has 2 heterocycles. The largest absolute Gasteiger partial charge is 0.343 e. The first-order valence-electron chi connectivity index (χ1n) is 8.16. The maximum Gasteiger partial charge on any atom is 0.236 e. The summed E-state index contributed by atoms with van der Waals surface area (Å²) in [5.74, 6) is 0.803. The van der Waals surface area contributed by atoms with Gasteiger partial charge >= 0.3 is 0 Å². The van der Waals surface area contributed by atoms with Crippen molar-refractivity contribution in [1.29, 1.82) is 0 Å². The highest BCUT2D eigenvalue weighted by molar-refractivity contribution is 9.10. The summed E-state index contributed by atoms with van der Waals surface area (Å²) in [6.45, 7) is 5.13. The minimum atomic E-state index is -0.0986. The highest BCUT2D eigenvalue weighted by Gasteiger charge is 2.26.